The first-order valence-corrected chi connectivity index (χ1v) is 6.95. The molecule has 0 aliphatic heterocycles. The Bertz CT molecular complexity index is 887. The zero-order valence-electron chi connectivity index (χ0n) is 12.1. The Morgan fingerprint density at radius 2 is 2.04 bits per heavy atom. The lowest BCUT2D eigenvalue weighted by molar-refractivity contribution is -0.385. The van der Waals surface area contributed by atoms with Crippen molar-refractivity contribution in [1.29, 1.82) is 5.26 Å². The van der Waals surface area contributed by atoms with E-state index in [2.05, 4.69) is 5.32 Å². The molecule has 2 rings (SSSR count). The Morgan fingerprint density at radius 3 is 2.67 bits per heavy atom. The topological polar surface area (TPSA) is 116 Å². The van der Waals surface area contributed by atoms with Crippen LogP contribution >= 0.6 is 11.6 Å². The third kappa shape index (κ3) is 3.88. The lowest BCUT2D eigenvalue weighted by Gasteiger charge is -2.06. The highest BCUT2D eigenvalue weighted by Gasteiger charge is 2.15. The molecule has 0 aromatic heterocycles. The third-order valence-corrected chi connectivity index (χ3v) is 3.32. The van der Waals surface area contributed by atoms with Gasteiger partial charge in [0.25, 0.3) is 5.91 Å². The molecule has 2 aromatic rings. The molecule has 0 saturated heterocycles. The van der Waals surface area contributed by atoms with Gasteiger partial charge in [0.2, 0.25) is 0 Å². The Balaban J connectivity index is 2.31. The minimum Gasteiger partial charge on any atom is -0.502 e. The molecule has 120 valence electrons. The van der Waals surface area contributed by atoms with Gasteiger partial charge in [-0.3, -0.25) is 14.9 Å². The second-order valence-corrected chi connectivity index (χ2v) is 5.02. The molecule has 1 amide bonds. The number of hydrogen-bond donors (Lipinski definition) is 2. The van der Waals surface area contributed by atoms with Gasteiger partial charge in [-0.2, -0.15) is 5.26 Å². The second-order valence-electron chi connectivity index (χ2n) is 4.61. The van der Waals surface area contributed by atoms with Gasteiger partial charge in [-0.1, -0.05) is 29.8 Å². The Morgan fingerprint density at radius 1 is 1.33 bits per heavy atom. The van der Waals surface area contributed by atoms with Crippen molar-refractivity contribution in [1.82, 2.24) is 0 Å². The highest BCUT2D eigenvalue weighted by molar-refractivity contribution is 6.34. The Kier molecular flexibility index (Phi) is 5.14. The number of nitro benzene ring substituents is 1. The Hall–Kier alpha value is -3.37. The van der Waals surface area contributed by atoms with E-state index in [4.69, 9.17) is 16.9 Å². The lowest BCUT2D eigenvalue weighted by atomic mass is 10.1. The lowest BCUT2D eigenvalue weighted by Crippen LogP contribution is -2.13. The van der Waals surface area contributed by atoms with Crippen LogP contribution in [0.5, 0.6) is 5.75 Å². The number of phenolic OH excluding ortho intramolecular Hbond substituents is 1. The summed E-state index contributed by atoms with van der Waals surface area (Å²) in [5.74, 6) is -1.21. The fraction of sp³-hybridized carbons (Fsp3) is 0. The molecule has 2 aromatic carbocycles. The monoisotopic (exact) mass is 343 g/mol. The maximum Gasteiger partial charge on any atom is 0.311 e. The highest BCUT2D eigenvalue weighted by Crippen LogP contribution is 2.27. The summed E-state index contributed by atoms with van der Waals surface area (Å²) in [5.41, 5.74) is -0.227. The van der Waals surface area contributed by atoms with E-state index in [1.807, 2.05) is 0 Å². The number of hydrogen-bond acceptors (Lipinski definition) is 5. The number of rotatable bonds is 4. The minimum absolute atomic E-state index is 0.227. The van der Waals surface area contributed by atoms with Gasteiger partial charge in [0.15, 0.2) is 5.75 Å². The molecule has 0 radical (unpaired) electrons. The van der Waals surface area contributed by atoms with Crippen LogP contribution in [0.3, 0.4) is 0 Å². The number of benzene rings is 2. The normalized spacial score (nSPS) is 10.8. The van der Waals surface area contributed by atoms with Gasteiger partial charge in [-0.15, -0.1) is 0 Å². The maximum absolute atomic E-state index is 12.1. The molecule has 7 nitrogen and oxygen atoms in total. The summed E-state index contributed by atoms with van der Waals surface area (Å²) in [6.07, 6.45) is 1.18. The maximum atomic E-state index is 12.1. The van der Waals surface area contributed by atoms with Crippen molar-refractivity contribution < 1.29 is 14.8 Å². The molecule has 0 fully saturated rings. The number of amides is 1. The number of phenols is 1. The number of nitrogens with one attached hydrogen (secondary N) is 1. The highest BCUT2D eigenvalue weighted by atomic mass is 35.5. The van der Waals surface area contributed by atoms with Crippen LogP contribution in [-0.2, 0) is 4.79 Å². The van der Waals surface area contributed by atoms with Crippen molar-refractivity contribution in [2.75, 3.05) is 5.32 Å². The van der Waals surface area contributed by atoms with Gasteiger partial charge in [0.1, 0.15) is 11.6 Å². The van der Waals surface area contributed by atoms with E-state index in [1.165, 1.54) is 12.1 Å². The van der Waals surface area contributed by atoms with Crippen LogP contribution in [0.1, 0.15) is 5.56 Å². The van der Waals surface area contributed by atoms with Crippen LogP contribution < -0.4 is 5.32 Å². The van der Waals surface area contributed by atoms with Crippen molar-refractivity contribution in [3.8, 4) is 11.8 Å². The molecule has 0 saturated carbocycles. The number of anilines is 1. The number of aromatic hydroxyl groups is 1. The number of nitriles is 1. The first-order valence-electron chi connectivity index (χ1n) is 6.57. The smallest absolute Gasteiger partial charge is 0.311 e. The summed E-state index contributed by atoms with van der Waals surface area (Å²) >= 11 is 5.93. The van der Waals surface area contributed by atoms with E-state index in [0.717, 1.165) is 12.1 Å². The predicted octanol–water partition coefficient (Wildman–Crippen LogP) is 3.50. The van der Waals surface area contributed by atoms with E-state index in [1.54, 1.807) is 30.3 Å². The fourth-order valence-corrected chi connectivity index (χ4v) is 2.03. The number of nitrogens with zero attached hydrogens (tertiary/aromatic N) is 2. The molecule has 0 spiro atoms. The van der Waals surface area contributed by atoms with Crippen LogP contribution in [0.15, 0.2) is 48.0 Å². The Labute approximate surface area is 141 Å². The average molecular weight is 344 g/mol. The van der Waals surface area contributed by atoms with Crippen molar-refractivity contribution in [3.63, 3.8) is 0 Å². The van der Waals surface area contributed by atoms with E-state index < -0.39 is 22.3 Å². The van der Waals surface area contributed by atoms with E-state index in [0.29, 0.717) is 10.7 Å². The molecule has 0 heterocycles. The van der Waals surface area contributed by atoms with Crippen molar-refractivity contribution >= 4 is 35.0 Å². The molecule has 0 unspecified atom stereocenters. The summed E-state index contributed by atoms with van der Waals surface area (Å²) in [6, 6.07) is 11.8. The van der Waals surface area contributed by atoms with E-state index >= 15 is 0 Å². The van der Waals surface area contributed by atoms with E-state index in [-0.39, 0.29) is 11.1 Å². The predicted molar refractivity (Wildman–Crippen MR) is 88.4 cm³/mol. The number of halogens is 1. The molecule has 0 atom stereocenters. The third-order valence-electron chi connectivity index (χ3n) is 2.99. The molecule has 24 heavy (non-hydrogen) atoms. The molecule has 8 heteroatoms. The molecule has 0 aliphatic rings. The molecule has 0 aliphatic carbocycles. The van der Waals surface area contributed by atoms with E-state index in [9.17, 15) is 20.0 Å². The standard InChI is InChI=1S/C16H10ClN3O4/c17-12-3-1-2-4-13(12)19-16(22)11(9-18)7-10-5-6-15(21)14(8-10)20(23)24/h1-8,21H,(H,19,22)/b11-7+. The van der Waals surface area contributed by atoms with Crippen LogP contribution in [-0.4, -0.2) is 15.9 Å². The second kappa shape index (κ2) is 7.26. The quantitative estimate of drug-likeness (QED) is 0.381. The minimum atomic E-state index is -0.761. The number of carbonyl (C=O) groups is 1. The molecular formula is C16H10ClN3O4. The molecular weight excluding hydrogens is 334 g/mol. The van der Waals surface area contributed by atoms with Gasteiger partial charge in [0.05, 0.1) is 15.6 Å². The van der Waals surface area contributed by atoms with Crippen LogP contribution in [0.4, 0.5) is 11.4 Å². The fourth-order valence-electron chi connectivity index (χ4n) is 1.84. The largest absolute Gasteiger partial charge is 0.502 e. The summed E-state index contributed by atoms with van der Waals surface area (Å²) < 4.78 is 0. The first kappa shape index (κ1) is 17.0. The zero-order chi connectivity index (χ0) is 17.7. The van der Waals surface area contributed by atoms with Crippen molar-refractivity contribution in [2.24, 2.45) is 0 Å². The summed E-state index contributed by atoms with van der Waals surface area (Å²) in [6.45, 7) is 0. The number of para-hydroxylation sites is 1. The summed E-state index contributed by atoms with van der Waals surface area (Å²) in [4.78, 5) is 22.2. The number of nitro groups is 1. The number of carbonyl (C=O) groups excluding carboxylic acids is 1. The van der Waals surface area contributed by atoms with Gasteiger partial charge < -0.3 is 10.4 Å². The zero-order valence-corrected chi connectivity index (χ0v) is 12.8. The van der Waals surface area contributed by atoms with Crippen molar-refractivity contribution in [2.45, 2.75) is 0 Å². The van der Waals surface area contributed by atoms with Crippen LogP contribution in [0.2, 0.25) is 5.02 Å². The van der Waals surface area contributed by atoms with Gasteiger partial charge in [-0.05, 0) is 29.8 Å². The summed E-state index contributed by atoms with van der Waals surface area (Å²) in [7, 11) is 0. The van der Waals surface area contributed by atoms with Gasteiger partial charge in [-0.25, -0.2) is 0 Å². The molecule has 2 N–H and O–H groups in total. The first-order chi connectivity index (χ1) is 11.4. The van der Waals surface area contributed by atoms with Crippen molar-refractivity contribution in [3.05, 3.63) is 68.7 Å². The SMILES string of the molecule is N#C/C(=C\c1ccc(O)c([N+](=O)[O-])c1)C(=O)Nc1ccccc1Cl. The van der Waals surface area contributed by atoms with Crippen LogP contribution in [0, 0.1) is 21.4 Å². The molecule has 0 bridgehead atoms. The van der Waals surface area contributed by atoms with Crippen LogP contribution in [0.25, 0.3) is 6.08 Å². The average Bonchev–Trinajstić information content (AvgIpc) is 2.55. The van der Waals surface area contributed by atoms with Gasteiger partial charge >= 0.3 is 5.69 Å². The summed E-state index contributed by atoms with van der Waals surface area (Å²) in [5, 5.41) is 32.2. The van der Waals surface area contributed by atoms with Gasteiger partial charge in [0, 0.05) is 6.07 Å².